The molecular weight excluding hydrogens is 324 g/mol. The second kappa shape index (κ2) is 5.18. The first kappa shape index (κ1) is 13.4. The van der Waals surface area contributed by atoms with Crippen molar-refractivity contribution in [2.24, 2.45) is 0 Å². The van der Waals surface area contributed by atoms with Gasteiger partial charge in [0.2, 0.25) is 5.01 Å². The average molecular weight is 334 g/mol. The van der Waals surface area contributed by atoms with E-state index in [1.807, 2.05) is 12.1 Å². The fourth-order valence-corrected chi connectivity index (χ4v) is 3.52. The zero-order valence-corrected chi connectivity index (χ0v) is 13.1. The highest BCUT2D eigenvalue weighted by Crippen LogP contribution is 2.37. The third-order valence-electron chi connectivity index (χ3n) is 2.99. The van der Waals surface area contributed by atoms with Crippen LogP contribution in [-0.4, -0.2) is 34.3 Å². The van der Waals surface area contributed by atoms with Gasteiger partial charge in [-0.05, 0) is 6.92 Å². The summed E-state index contributed by atoms with van der Waals surface area (Å²) < 4.78 is 12.0. The Hall–Kier alpha value is -2.26. The van der Waals surface area contributed by atoms with Gasteiger partial charge in [0.15, 0.2) is 16.6 Å². The van der Waals surface area contributed by atoms with Crippen molar-refractivity contribution in [3.8, 4) is 11.5 Å². The predicted octanol–water partition coefficient (Wildman–Crippen LogP) is 2.48. The van der Waals surface area contributed by atoms with E-state index in [4.69, 9.17) is 9.47 Å². The van der Waals surface area contributed by atoms with E-state index in [0.29, 0.717) is 34.9 Å². The number of nitrogens with one attached hydrogen (secondary N) is 1. The number of hydrogen-bond donors (Lipinski definition) is 1. The molecule has 0 saturated carbocycles. The number of ether oxygens (including phenoxy) is 2. The van der Waals surface area contributed by atoms with Crippen LogP contribution in [0.3, 0.4) is 0 Å². The topological polar surface area (TPSA) is 86.2 Å². The van der Waals surface area contributed by atoms with E-state index in [9.17, 15) is 4.79 Å². The smallest absolute Gasteiger partial charge is 0.288 e. The van der Waals surface area contributed by atoms with Crippen LogP contribution in [0.1, 0.15) is 14.8 Å². The first-order valence-corrected chi connectivity index (χ1v) is 8.14. The standard InChI is InChI=1S/C13H10N4O3S2/c1-6-16-17-12(21-6)11(18)15-13-14-7-4-8-9(5-10(7)22-13)20-3-2-19-8/h4-5H,2-3H2,1H3,(H,14,15,18). The van der Waals surface area contributed by atoms with Gasteiger partial charge in [0.25, 0.3) is 5.91 Å². The summed E-state index contributed by atoms with van der Waals surface area (Å²) in [5, 5.41) is 12.0. The van der Waals surface area contributed by atoms with Gasteiger partial charge in [-0.25, -0.2) is 4.98 Å². The van der Waals surface area contributed by atoms with Crippen LogP contribution < -0.4 is 14.8 Å². The molecule has 0 aliphatic carbocycles. The Labute approximate surface area is 132 Å². The van der Waals surface area contributed by atoms with E-state index in [1.165, 1.54) is 22.7 Å². The molecule has 0 atom stereocenters. The quantitative estimate of drug-likeness (QED) is 0.775. The van der Waals surface area contributed by atoms with Crippen molar-refractivity contribution in [1.82, 2.24) is 15.2 Å². The van der Waals surface area contributed by atoms with Gasteiger partial charge in [-0.2, -0.15) is 0 Å². The molecule has 22 heavy (non-hydrogen) atoms. The molecule has 1 aliphatic rings. The fraction of sp³-hybridized carbons (Fsp3) is 0.231. The summed E-state index contributed by atoms with van der Waals surface area (Å²) in [7, 11) is 0. The minimum absolute atomic E-state index is 0.304. The Morgan fingerprint density at radius 2 is 1.95 bits per heavy atom. The number of hydrogen-bond acceptors (Lipinski definition) is 8. The van der Waals surface area contributed by atoms with Crippen LogP contribution in [0, 0.1) is 6.92 Å². The maximum absolute atomic E-state index is 12.1. The Morgan fingerprint density at radius 3 is 2.68 bits per heavy atom. The number of rotatable bonds is 2. The van der Waals surface area contributed by atoms with Crippen LogP contribution >= 0.6 is 22.7 Å². The molecule has 7 nitrogen and oxygen atoms in total. The predicted molar refractivity (Wildman–Crippen MR) is 83.2 cm³/mol. The molecule has 1 amide bonds. The van der Waals surface area contributed by atoms with E-state index < -0.39 is 0 Å². The summed E-state index contributed by atoms with van der Waals surface area (Å²) in [5.74, 6) is 1.09. The Kier molecular flexibility index (Phi) is 3.16. The molecular formula is C13H10N4O3S2. The molecule has 2 aromatic heterocycles. The van der Waals surface area contributed by atoms with E-state index in [0.717, 1.165) is 15.2 Å². The van der Waals surface area contributed by atoms with Crippen LogP contribution in [0.25, 0.3) is 10.2 Å². The molecule has 4 rings (SSSR count). The van der Waals surface area contributed by atoms with Crippen LogP contribution in [0.4, 0.5) is 5.13 Å². The minimum Gasteiger partial charge on any atom is -0.486 e. The van der Waals surface area contributed by atoms with Gasteiger partial charge < -0.3 is 9.47 Å². The lowest BCUT2D eigenvalue weighted by molar-refractivity contribution is 0.102. The highest BCUT2D eigenvalue weighted by atomic mass is 32.1. The summed E-state index contributed by atoms with van der Waals surface area (Å²) >= 11 is 2.62. The van der Waals surface area contributed by atoms with Crippen molar-refractivity contribution in [2.75, 3.05) is 18.5 Å². The van der Waals surface area contributed by atoms with Gasteiger partial charge in [-0.15, -0.1) is 10.2 Å². The zero-order chi connectivity index (χ0) is 15.1. The Bertz CT molecular complexity index is 830. The maximum atomic E-state index is 12.1. The first-order chi connectivity index (χ1) is 10.7. The van der Waals surface area contributed by atoms with Gasteiger partial charge in [-0.3, -0.25) is 10.1 Å². The van der Waals surface area contributed by atoms with Crippen LogP contribution in [0.2, 0.25) is 0 Å². The highest BCUT2D eigenvalue weighted by Gasteiger charge is 2.17. The second-order valence-corrected chi connectivity index (χ2v) is 6.78. The number of anilines is 1. The molecule has 0 saturated heterocycles. The van der Waals surface area contributed by atoms with Gasteiger partial charge in [0.05, 0.1) is 10.2 Å². The molecule has 0 fully saturated rings. The normalized spacial score (nSPS) is 13.3. The van der Waals surface area contributed by atoms with Crippen molar-refractivity contribution >= 4 is 43.9 Å². The third-order valence-corrected chi connectivity index (χ3v) is 4.76. The molecule has 1 aromatic carbocycles. The number of aromatic nitrogens is 3. The lowest BCUT2D eigenvalue weighted by Crippen LogP contribution is -2.15. The van der Waals surface area contributed by atoms with Crippen LogP contribution in [0.5, 0.6) is 11.5 Å². The molecule has 0 unspecified atom stereocenters. The van der Waals surface area contributed by atoms with Crippen molar-refractivity contribution in [1.29, 1.82) is 0 Å². The number of amides is 1. The van der Waals surface area contributed by atoms with E-state index in [-0.39, 0.29) is 5.91 Å². The van der Waals surface area contributed by atoms with Gasteiger partial charge in [-0.1, -0.05) is 22.7 Å². The molecule has 9 heteroatoms. The monoisotopic (exact) mass is 334 g/mol. The molecule has 112 valence electrons. The Morgan fingerprint density at radius 1 is 1.18 bits per heavy atom. The number of fused-ring (bicyclic) bond motifs is 2. The summed E-state index contributed by atoms with van der Waals surface area (Å²) in [5.41, 5.74) is 0.762. The third kappa shape index (κ3) is 2.38. The largest absolute Gasteiger partial charge is 0.486 e. The van der Waals surface area contributed by atoms with E-state index in [2.05, 4.69) is 20.5 Å². The van der Waals surface area contributed by atoms with Crippen molar-refractivity contribution < 1.29 is 14.3 Å². The molecule has 1 aliphatic heterocycles. The molecule has 0 spiro atoms. The molecule has 1 N–H and O–H groups in total. The molecule has 3 heterocycles. The van der Waals surface area contributed by atoms with Gasteiger partial charge in [0, 0.05) is 12.1 Å². The lowest BCUT2D eigenvalue weighted by Gasteiger charge is -2.17. The van der Waals surface area contributed by atoms with Gasteiger partial charge >= 0.3 is 0 Å². The van der Waals surface area contributed by atoms with E-state index >= 15 is 0 Å². The second-order valence-electron chi connectivity index (χ2n) is 4.56. The number of carbonyl (C=O) groups excluding carboxylic acids is 1. The highest BCUT2D eigenvalue weighted by molar-refractivity contribution is 7.22. The minimum atomic E-state index is -0.304. The number of nitrogens with zero attached hydrogens (tertiary/aromatic N) is 3. The number of aryl methyl sites for hydroxylation is 1. The maximum Gasteiger partial charge on any atom is 0.288 e. The first-order valence-electron chi connectivity index (χ1n) is 6.51. The van der Waals surface area contributed by atoms with Crippen molar-refractivity contribution in [2.45, 2.75) is 6.92 Å². The molecule has 3 aromatic rings. The summed E-state index contributed by atoms with van der Waals surface area (Å²) in [6, 6.07) is 3.71. The Balaban J connectivity index is 1.63. The number of thiazole rings is 1. The lowest BCUT2D eigenvalue weighted by atomic mass is 10.3. The van der Waals surface area contributed by atoms with E-state index in [1.54, 1.807) is 6.92 Å². The molecule has 0 radical (unpaired) electrons. The van der Waals surface area contributed by atoms with Gasteiger partial charge in [0.1, 0.15) is 18.2 Å². The zero-order valence-electron chi connectivity index (χ0n) is 11.5. The molecule has 0 bridgehead atoms. The SMILES string of the molecule is Cc1nnc(C(=O)Nc2nc3cc4c(cc3s2)OCCO4)s1. The van der Waals surface area contributed by atoms with Crippen LogP contribution in [0.15, 0.2) is 12.1 Å². The van der Waals surface area contributed by atoms with Crippen molar-refractivity contribution in [3.63, 3.8) is 0 Å². The number of benzene rings is 1. The summed E-state index contributed by atoms with van der Waals surface area (Å²) in [6.45, 7) is 2.87. The number of carbonyl (C=O) groups is 1. The average Bonchev–Trinajstić information content (AvgIpc) is 3.10. The summed E-state index contributed by atoms with van der Waals surface area (Å²) in [6.07, 6.45) is 0. The van der Waals surface area contributed by atoms with Crippen LogP contribution in [-0.2, 0) is 0 Å². The fourth-order valence-electron chi connectivity index (χ4n) is 2.06. The summed E-state index contributed by atoms with van der Waals surface area (Å²) in [4.78, 5) is 16.5. The van der Waals surface area contributed by atoms with Crippen molar-refractivity contribution in [3.05, 3.63) is 22.1 Å².